The maximum Gasteiger partial charge on any atom is 0.295 e. The van der Waals surface area contributed by atoms with Gasteiger partial charge < -0.3 is 24.2 Å². The van der Waals surface area contributed by atoms with E-state index in [1.807, 2.05) is 25.1 Å². The summed E-state index contributed by atoms with van der Waals surface area (Å²) in [6.45, 7) is 2.92. The monoisotopic (exact) mass is 449 g/mol. The molecule has 3 aliphatic rings. The van der Waals surface area contributed by atoms with E-state index in [9.17, 15) is 14.7 Å². The number of amides is 1. The van der Waals surface area contributed by atoms with Crippen molar-refractivity contribution in [2.75, 3.05) is 20.3 Å². The van der Waals surface area contributed by atoms with Crippen molar-refractivity contribution in [3.8, 4) is 11.5 Å². The van der Waals surface area contributed by atoms with E-state index in [4.69, 9.17) is 14.2 Å². The summed E-state index contributed by atoms with van der Waals surface area (Å²) in [5, 5.41) is 11.3. The number of aliphatic hydroxyl groups is 1. The van der Waals surface area contributed by atoms with Crippen molar-refractivity contribution in [2.24, 2.45) is 0 Å². The van der Waals surface area contributed by atoms with Gasteiger partial charge in [0.05, 0.1) is 24.8 Å². The Labute approximate surface area is 192 Å². The maximum absolute atomic E-state index is 13.2. The molecule has 0 unspecified atom stereocenters. The molecule has 33 heavy (non-hydrogen) atoms. The molecular weight excluding hydrogens is 422 g/mol. The lowest BCUT2D eigenvalue weighted by Crippen LogP contribution is -2.36. The van der Waals surface area contributed by atoms with Crippen LogP contribution in [0.15, 0.2) is 48.0 Å². The molecule has 1 amide bonds. The molecule has 0 spiro atoms. The summed E-state index contributed by atoms with van der Waals surface area (Å²) in [6.07, 6.45) is 2.41. The molecule has 5 rings (SSSR count). The predicted octanol–water partition coefficient (Wildman–Crippen LogP) is 3.62. The van der Waals surface area contributed by atoms with Crippen LogP contribution in [0.2, 0.25) is 0 Å². The Bertz CT molecular complexity index is 1130. The molecular formula is C26H27NO6. The first kappa shape index (κ1) is 21.5. The van der Waals surface area contributed by atoms with Crippen molar-refractivity contribution >= 4 is 17.4 Å². The third kappa shape index (κ3) is 3.86. The number of aliphatic hydroxyl groups excluding tert-OH is 1. The van der Waals surface area contributed by atoms with Gasteiger partial charge in [0.2, 0.25) is 0 Å². The maximum atomic E-state index is 13.2. The molecule has 2 fully saturated rings. The smallest absolute Gasteiger partial charge is 0.295 e. The van der Waals surface area contributed by atoms with Gasteiger partial charge in [0.25, 0.3) is 11.7 Å². The highest BCUT2D eigenvalue weighted by molar-refractivity contribution is 6.46. The molecule has 172 valence electrons. The molecule has 3 heterocycles. The molecule has 0 bridgehead atoms. The number of methoxy groups -OCH3 is 1. The Hall–Kier alpha value is -3.32. The molecule has 0 saturated carbocycles. The molecule has 2 aromatic carbocycles. The molecule has 2 aromatic rings. The van der Waals surface area contributed by atoms with E-state index in [-0.39, 0.29) is 23.5 Å². The number of hydrogen-bond donors (Lipinski definition) is 1. The van der Waals surface area contributed by atoms with Crippen LogP contribution >= 0.6 is 0 Å². The fourth-order valence-electron chi connectivity index (χ4n) is 4.96. The Balaban J connectivity index is 1.61. The van der Waals surface area contributed by atoms with E-state index in [0.29, 0.717) is 30.0 Å². The second-order valence-corrected chi connectivity index (χ2v) is 8.82. The lowest BCUT2D eigenvalue weighted by Gasteiger charge is -2.27. The predicted molar refractivity (Wildman–Crippen MR) is 121 cm³/mol. The average Bonchev–Trinajstić information content (AvgIpc) is 3.52. The Morgan fingerprint density at radius 3 is 2.82 bits per heavy atom. The number of hydrogen-bond acceptors (Lipinski definition) is 6. The first-order chi connectivity index (χ1) is 16.0. The third-order valence-corrected chi connectivity index (χ3v) is 6.54. The van der Waals surface area contributed by atoms with E-state index < -0.39 is 17.7 Å². The van der Waals surface area contributed by atoms with Crippen LogP contribution in [0.3, 0.4) is 0 Å². The van der Waals surface area contributed by atoms with Crippen LogP contribution in [0.1, 0.15) is 42.5 Å². The minimum atomic E-state index is -0.729. The summed E-state index contributed by atoms with van der Waals surface area (Å²) in [4.78, 5) is 27.9. The Kier molecular flexibility index (Phi) is 5.58. The quantitative estimate of drug-likeness (QED) is 0.426. The summed E-state index contributed by atoms with van der Waals surface area (Å²) in [5.74, 6) is -0.110. The second-order valence-electron chi connectivity index (χ2n) is 8.82. The van der Waals surface area contributed by atoms with Gasteiger partial charge in [0.15, 0.2) is 0 Å². The number of carbonyl (C=O) groups is 2. The first-order valence-electron chi connectivity index (χ1n) is 11.3. The standard InChI is InChI=1S/C26H27NO6/c1-15-11-18-12-17(8-9-21(18)33-15)24(28)22-23(16-5-3-6-19(13-16)31-2)27(26(30)25(22)29)14-20-7-4-10-32-20/h3,5-6,8-9,12-13,15,20,23,28H,4,7,10-11,14H2,1-2H3/t15-,20-,23-/m0/s1. The molecule has 0 aromatic heterocycles. The number of ketones is 1. The Morgan fingerprint density at radius 1 is 1.21 bits per heavy atom. The number of carbonyl (C=O) groups excluding carboxylic acids is 2. The molecule has 1 N–H and O–H groups in total. The number of ether oxygens (including phenoxy) is 3. The summed E-state index contributed by atoms with van der Waals surface area (Å²) in [5.41, 5.74) is 2.25. The lowest BCUT2D eigenvalue weighted by atomic mass is 9.94. The highest BCUT2D eigenvalue weighted by Gasteiger charge is 2.47. The van der Waals surface area contributed by atoms with Crippen molar-refractivity contribution in [1.82, 2.24) is 4.90 Å². The van der Waals surface area contributed by atoms with E-state index in [0.717, 1.165) is 30.6 Å². The van der Waals surface area contributed by atoms with Crippen LogP contribution in [0.25, 0.3) is 5.76 Å². The summed E-state index contributed by atoms with van der Waals surface area (Å²) >= 11 is 0. The van der Waals surface area contributed by atoms with Gasteiger partial charge in [-0.3, -0.25) is 9.59 Å². The largest absolute Gasteiger partial charge is 0.507 e. The first-order valence-corrected chi connectivity index (χ1v) is 11.3. The van der Waals surface area contributed by atoms with Crippen LogP contribution in [0.4, 0.5) is 0 Å². The van der Waals surface area contributed by atoms with Crippen molar-refractivity contribution in [3.63, 3.8) is 0 Å². The minimum Gasteiger partial charge on any atom is -0.507 e. The molecule has 2 saturated heterocycles. The topological polar surface area (TPSA) is 85.3 Å². The number of fused-ring (bicyclic) bond motifs is 1. The van der Waals surface area contributed by atoms with Crippen LogP contribution in [0, 0.1) is 0 Å². The van der Waals surface area contributed by atoms with Gasteiger partial charge in [-0.1, -0.05) is 12.1 Å². The zero-order chi connectivity index (χ0) is 23.1. The average molecular weight is 450 g/mol. The summed E-state index contributed by atoms with van der Waals surface area (Å²) in [6, 6.07) is 11.9. The minimum absolute atomic E-state index is 0.0613. The normalized spacial score (nSPS) is 25.9. The van der Waals surface area contributed by atoms with Crippen LogP contribution in [0.5, 0.6) is 11.5 Å². The van der Waals surface area contributed by atoms with E-state index in [1.165, 1.54) is 4.90 Å². The van der Waals surface area contributed by atoms with Gasteiger partial charge in [0, 0.05) is 25.1 Å². The zero-order valence-electron chi connectivity index (χ0n) is 18.7. The zero-order valence-corrected chi connectivity index (χ0v) is 18.7. The lowest BCUT2D eigenvalue weighted by molar-refractivity contribution is -0.140. The fourth-order valence-corrected chi connectivity index (χ4v) is 4.96. The SMILES string of the molecule is COc1cccc([C@H]2C(=C(O)c3ccc4c(c3)C[C@H](C)O4)C(=O)C(=O)N2C[C@@H]2CCCO2)c1. The number of Topliss-reactive ketones (excluding diaryl/α,β-unsaturated/α-hetero) is 1. The van der Waals surface area contributed by atoms with Crippen molar-refractivity contribution in [2.45, 2.75) is 44.4 Å². The van der Waals surface area contributed by atoms with Gasteiger partial charge in [-0.05, 0) is 61.2 Å². The molecule has 3 atom stereocenters. The highest BCUT2D eigenvalue weighted by Crippen LogP contribution is 2.41. The van der Waals surface area contributed by atoms with Gasteiger partial charge >= 0.3 is 0 Å². The van der Waals surface area contributed by atoms with Crippen molar-refractivity contribution in [3.05, 3.63) is 64.7 Å². The molecule has 0 radical (unpaired) electrons. The number of rotatable bonds is 5. The van der Waals surface area contributed by atoms with Crippen LogP contribution in [-0.2, 0) is 20.7 Å². The van der Waals surface area contributed by atoms with Crippen molar-refractivity contribution in [1.29, 1.82) is 0 Å². The van der Waals surface area contributed by atoms with Gasteiger partial charge in [-0.25, -0.2) is 0 Å². The van der Waals surface area contributed by atoms with E-state index in [2.05, 4.69) is 0 Å². The summed E-state index contributed by atoms with van der Waals surface area (Å²) < 4.78 is 16.9. The molecule has 3 aliphatic heterocycles. The van der Waals surface area contributed by atoms with Crippen LogP contribution in [-0.4, -0.2) is 54.2 Å². The fraction of sp³-hybridized carbons (Fsp3) is 0.385. The van der Waals surface area contributed by atoms with Crippen LogP contribution < -0.4 is 9.47 Å². The number of benzene rings is 2. The van der Waals surface area contributed by atoms with Crippen molar-refractivity contribution < 1.29 is 28.9 Å². The van der Waals surface area contributed by atoms with Gasteiger partial charge in [0.1, 0.15) is 23.4 Å². The summed E-state index contributed by atoms with van der Waals surface area (Å²) in [7, 11) is 1.57. The Morgan fingerprint density at radius 2 is 2.06 bits per heavy atom. The van der Waals surface area contributed by atoms with Gasteiger partial charge in [-0.15, -0.1) is 0 Å². The molecule has 7 heteroatoms. The second kappa shape index (κ2) is 8.56. The van der Waals surface area contributed by atoms with E-state index >= 15 is 0 Å². The van der Waals surface area contributed by atoms with E-state index in [1.54, 1.807) is 31.4 Å². The number of likely N-dealkylation sites (tertiary alicyclic amines) is 1. The highest BCUT2D eigenvalue weighted by atomic mass is 16.5. The van der Waals surface area contributed by atoms with Gasteiger partial charge in [-0.2, -0.15) is 0 Å². The third-order valence-electron chi connectivity index (χ3n) is 6.54. The number of nitrogens with zero attached hydrogens (tertiary/aromatic N) is 1. The molecule has 7 nitrogen and oxygen atoms in total. The molecule has 0 aliphatic carbocycles.